The molecule has 1 N–H and O–H groups in total. The molecule has 0 aromatic rings. The van der Waals surface area contributed by atoms with Crippen LogP contribution in [0.15, 0.2) is 12.2 Å². The van der Waals surface area contributed by atoms with E-state index in [1.54, 1.807) is 0 Å². The van der Waals surface area contributed by atoms with Gasteiger partial charge in [-0.25, -0.2) is 0 Å². The van der Waals surface area contributed by atoms with Crippen molar-refractivity contribution in [2.45, 2.75) is 51.1 Å². The summed E-state index contributed by atoms with van der Waals surface area (Å²) in [6.07, 6.45) is -7.49. The largest absolute Gasteiger partial charge is 0.426 e. The van der Waals surface area contributed by atoms with Crippen LogP contribution in [-0.2, 0) is 0 Å². The van der Waals surface area contributed by atoms with Crippen LogP contribution in [-0.4, -0.2) is 23.1 Å². The highest BCUT2D eigenvalue weighted by atomic mass is 19.4. The topological polar surface area (TPSA) is 20.2 Å². The Morgan fingerprint density at radius 2 is 1.55 bits per heavy atom. The zero-order valence-electron chi connectivity index (χ0n) is 12.4. The van der Waals surface area contributed by atoms with Crippen LogP contribution >= 0.6 is 0 Å². The molecular formula is C15H20F6O. The highest BCUT2D eigenvalue weighted by Crippen LogP contribution is 2.52. The van der Waals surface area contributed by atoms with Crippen molar-refractivity contribution in [3.63, 3.8) is 0 Å². The zero-order valence-corrected chi connectivity index (χ0v) is 12.4. The molecule has 0 aromatic carbocycles. The van der Waals surface area contributed by atoms with Gasteiger partial charge in [0.25, 0.3) is 5.60 Å². The summed E-state index contributed by atoms with van der Waals surface area (Å²) in [7, 11) is 0. The van der Waals surface area contributed by atoms with Crippen molar-refractivity contribution in [2.75, 3.05) is 0 Å². The molecule has 0 radical (unpaired) electrons. The van der Waals surface area contributed by atoms with Gasteiger partial charge in [0.15, 0.2) is 0 Å². The lowest BCUT2D eigenvalue weighted by molar-refractivity contribution is -0.372. The van der Waals surface area contributed by atoms with Gasteiger partial charge in [0.1, 0.15) is 0 Å². The molecule has 0 saturated heterocycles. The van der Waals surface area contributed by atoms with E-state index < -0.39 is 30.3 Å². The van der Waals surface area contributed by atoms with Crippen molar-refractivity contribution in [3.8, 4) is 0 Å². The number of alkyl halides is 6. The molecule has 2 rings (SSSR count). The average molecular weight is 330 g/mol. The van der Waals surface area contributed by atoms with Crippen LogP contribution in [0.5, 0.6) is 0 Å². The number of aliphatic hydroxyl groups is 1. The molecule has 1 saturated carbocycles. The maximum absolute atomic E-state index is 12.7. The smallest absolute Gasteiger partial charge is 0.374 e. The van der Waals surface area contributed by atoms with Gasteiger partial charge in [0, 0.05) is 0 Å². The minimum Gasteiger partial charge on any atom is -0.374 e. The summed E-state index contributed by atoms with van der Waals surface area (Å²) in [6.45, 7) is 3.34. The lowest BCUT2D eigenvalue weighted by atomic mass is 9.76. The fraction of sp³-hybridized carbons (Fsp3) is 0.867. The Balaban J connectivity index is 2.07. The van der Waals surface area contributed by atoms with Crippen molar-refractivity contribution < 1.29 is 31.4 Å². The Hall–Kier alpha value is -0.720. The summed E-state index contributed by atoms with van der Waals surface area (Å²) in [6, 6.07) is 0. The molecule has 0 spiro atoms. The van der Waals surface area contributed by atoms with Crippen LogP contribution in [0.25, 0.3) is 0 Å². The highest BCUT2D eigenvalue weighted by molar-refractivity contribution is 5.12. The van der Waals surface area contributed by atoms with Crippen LogP contribution in [0.1, 0.15) is 33.1 Å². The Kier molecular flexibility index (Phi) is 4.35. The summed E-state index contributed by atoms with van der Waals surface area (Å²) in [5, 5.41) is 9.26. The molecule has 5 unspecified atom stereocenters. The molecule has 2 bridgehead atoms. The third kappa shape index (κ3) is 2.88. The molecule has 7 heteroatoms. The van der Waals surface area contributed by atoms with E-state index in [-0.39, 0.29) is 24.2 Å². The van der Waals surface area contributed by atoms with E-state index >= 15 is 0 Å². The first-order valence-corrected chi connectivity index (χ1v) is 7.41. The summed E-state index contributed by atoms with van der Waals surface area (Å²) in [5.41, 5.74) is -4.63. The summed E-state index contributed by atoms with van der Waals surface area (Å²) in [5.74, 6) is 0.116. The fourth-order valence-electron chi connectivity index (χ4n) is 4.01. The Morgan fingerprint density at radius 3 is 1.95 bits per heavy atom. The molecular weight excluding hydrogens is 310 g/mol. The molecule has 0 heterocycles. The lowest BCUT2D eigenvalue weighted by Crippen LogP contribution is -2.57. The van der Waals surface area contributed by atoms with E-state index in [2.05, 4.69) is 6.08 Å². The summed E-state index contributed by atoms with van der Waals surface area (Å²) in [4.78, 5) is 0. The van der Waals surface area contributed by atoms with E-state index in [4.69, 9.17) is 0 Å². The van der Waals surface area contributed by atoms with Gasteiger partial charge in [-0.3, -0.25) is 0 Å². The minimum absolute atomic E-state index is 0.0933. The number of allylic oxidation sites excluding steroid dienone is 2. The first-order valence-electron chi connectivity index (χ1n) is 7.41. The molecule has 1 fully saturated rings. The van der Waals surface area contributed by atoms with Crippen molar-refractivity contribution in [1.29, 1.82) is 0 Å². The number of hydrogen-bond acceptors (Lipinski definition) is 1. The Morgan fingerprint density at radius 1 is 1.05 bits per heavy atom. The summed E-state index contributed by atoms with van der Waals surface area (Å²) >= 11 is 0. The van der Waals surface area contributed by atoms with Crippen LogP contribution < -0.4 is 0 Å². The molecule has 22 heavy (non-hydrogen) atoms. The lowest BCUT2D eigenvalue weighted by Gasteiger charge is -2.36. The number of halogens is 6. The maximum atomic E-state index is 12.7. The SMILES string of the molecule is CC(CC1C2C=CC(C2)C1C)CC(O)(C(F)(F)F)C(F)(F)F. The Labute approximate surface area is 125 Å². The number of rotatable bonds is 4. The molecule has 2 aliphatic carbocycles. The molecule has 2 aliphatic rings. The minimum atomic E-state index is -5.72. The quantitative estimate of drug-likeness (QED) is 0.584. The van der Waals surface area contributed by atoms with Gasteiger partial charge in [-0.1, -0.05) is 26.0 Å². The third-order valence-corrected chi connectivity index (χ3v) is 5.31. The van der Waals surface area contributed by atoms with E-state index in [1.165, 1.54) is 6.92 Å². The monoisotopic (exact) mass is 330 g/mol. The molecule has 5 atom stereocenters. The zero-order chi connectivity index (χ0) is 16.9. The van der Waals surface area contributed by atoms with Crippen LogP contribution in [0.4, 0.5) is 26.3 Å². The van der Waals surface area contributed by atoms with Crippen molar-refractivity contribution in [1.82, 2.24) is 0 Å². The van der Waals surface area contributed by atoms with Crippen LogP contribution in [0, 0.1) is 29.6 Å². The predicted molar refractivity (Wildman–Crippen MR) is 68.8 cm³/mol. The second-order valence-electron chi connectivity index (χ2n) is 6.87. The molecule has 1 nitrogen and oxygen atoms in total. The molecule has 128 valence electrons. The summed E-state index contributed by atoms with van der Waals surface area (Å²) < 4.78 is 76.3. The third-order valence-electron chi connectivity index (χ3n) is 5.31. The molecule has 0 aliphatic heterocycles. The predicted octanol–water partition coefficient (Wildman–Crippen LogP) is 4.72. The van der Waals surface area contributed by atoms with Crippen LogP contribution in [0.2, 0.25) is 0 Å². The van der Waals surface area contributed by atoms with Gasteiger partial charge >= 0.3 is 12.4 Å². The van der Waals surface area contributed by atoms with Crippen LogP contribution in [0.3, 0.4) is 0 Å². The second-order valence-corrected chi connectivity index (χ2v) is 6.87. The second kappa shape index (κ2) is 5.42. The van der Waals surface area contributed by atoms with E-state index in [1.807, 2.05) is 13.0 Å². The number of hydrogen-bond donors (Lipinski definition) is 1. The van der Waals surface area contributed by atoms with Gasteiger partial charge in [-0.15, -0.1) is 0 Å². The molecule has 0 aromatic heterocycles. The van der Waals surface area contributed by atoms with Crippen molar-refractivity contribution >= 4 is 0 Å². The van der Waals surface area contributed by atoms with Gasteiger partial charge in [-0.2, -0.15) is 26.3 Å². The van der Waals surface area contributed by atoms with E-state index in [0.717, 1.165) is 6.42 Å². The average Bonchev–Trinajstić information content (AvgIpc) is 2.90. The maximum Gasteiger partial charge on any atom is 0.426 e. The van der Waals surface area contributed by atoms with Crippen molar-refractivity contribution in [3.05, 3.63) is 12.2 Å². The van der Waals surface area contributed by atoms with E-state index in [9.17, 15) is 31.4 Å². The fourth-order valence-corrected chi connectivity index (χ4v) is 4.01. The number of fused-ring (bicyclic) bond motifs is 2. The first-order chi connectivity index (χ1) is 9.87. The van der Waals surface area contributed by atoms with Crippen molar-refractivity contribution in [2.24, 2.45) is 29.6 Å². The van der Waals surface area contributed by atoms with E-state index in [0.29, 0.717) is 5.92 Å². The highest BCUT2D eigenvalue weighted by Gasteiger charge is 2.70. The van der Waals surface area contributed by atoms with Gasteiger partial charge < -0.3 is 5.11 Å². The first kappa shape index (κ1) is 17.6. The van der Waals surface area contributed by atoms with Gasteiger partial charge in [0.05, 0.1) is 0 Å². The Bertz CT molecular complexity index is 424. The normalized spacial score (nSPS) is 33.5. The molecule has 0 amide bonds. The van der Waals surface area contributed by atoms with Gasteiger partial charge in [-0.05, 0) is 48.9 Å². The van der Waals surface area contributed by atoms with Gasteiger partial charge in [0.2, 0.25) is 0 Å². The standard InChI is InChI=1S/C15H20F6O/c1-8(5-12-9(2)10-3-4-11(12)6-10)7-13(22,14(16,17)18)15(19,20)21/h3-4,8-12,22H,5-7H2,1-2H3.